The fraction of sp³-hybridized carbons (Fsp3) is 0.188. The molecule has 3 rings (SSSR count). The average Bonchev–Trinajstić information content (AvgIpc) is 3.03. The van der Waals surface area contributed by atoms with Crippen molar-refractivity contribution >= 4 is 28.3 Å². The van der Waals surface area contributed by atoms with Crippen molar-refractivity contribution in [2.24, 2.45) is 0 Å². The number of hydrogen-bond acceptors (Lipinski definition) is 6. The Morgan fingerprint density at radius 1 is 1.22 bits per heavy atom. The van der Waals surface area contributed by atoms with E-state index in [1.54, 1.807) is 6.07 Å². The Labute approximate surface area is 132 Å². The minimum Gasteiger partial charge on any atom is -0.479 e. The first kappa shape index (κ1) is 14.8. The van der Waals surface area contributed by atoms with E-state index >= 15 is 0 Å². The fourth-order valence-electron chi connectivity index (χ4n) is 2.10. The van der Waals surface area contributed by atoms with Crippen LogP contribution in [0.3, 0.4) is 0 Å². The minimum atomic E-state index is -0.391. The molecule has 0 saturated heterocycles. The molecule has 3 aromatic rings. The van der Waals surface area contributed by atoms with Crippen LogP contribution in [0.4, 0.5) is 11.5 Å². The third-order valence-corrected chi connectivity index (χ3v) is 3.31. The number of anilines is 2. The molecule has 7 heteroatoms. The molecule has 0 bridgehead atoms. The lowest BCUT2D eigenvalue weighted by molar-refractivity contribution is 0.0987. The zero-order valence-corrected chi connectivity index (χ0v) is 13.0. The second-order valence-corrected chi connectivity index (χ2v) is 5.16. The lowest BCUT2D eigenvalue weighted by Crippen LogP contribution is -2.11. The van der Waals surface area contributed by atoms with E-state index in [-0.39, 0.29) is 11.6 Å². The number of methoxy groups -OCH3 is 1. The van der Waals surface area contributed by atoms with Crippen LogP contribution < -0.4 is 15.0 Å². The summed E-state index contributed by atoms with van der Waals surface area (Å²) in [6.07, 6.45) is 0. The molecule has 7 nitrogen and oxygen atoms in total. The van der Waals surface area contributed by atoms with Crippen LogP contribution in [0.1, 0.15) is 10.6 Å². The Hall–Kier alpha value is -3.09. The van der Waals surface area contributed by atoms with Crippen LogP contribution in [0.5, 0.6) is 5.88 Å². The summed E-state index contributed by atoms with van der Waals surface area (Å²) in [5.41, 5.74) is 1.51. The van der Waals surface area contributed by atoms with Gasteiger partial charge in [0.25, 0.3) is 11.8 Å². The molecule has 118 valence electrons. The molecule has 0 unspecified atom stereocenters. The van der Waals surface area contributed by atoms with E-state index in [0.717, 1.165) is 16.7 Å². The van der Waals surface area contributed by atoms with E-state index in [1.807, 2.05) is 43.3 Å². The van der Waals surface area contributed by atoms with Gasteiger partial charge in [0.2, 0.25) is 5.76 Å². The van der Waals surface area contributed by atoms with Crippen molar-refractivity contribution in [1.29, 1.82) is 0 Å². The Morgan fingerprint density at radius 3 is 2.74 bits per heavy atom. The second kappa shape index (κ2) is 5.96. The van der Waals surface area contributed by atoms with E-state index in [9.17, 15) is 4.79 Å². The topological polar surface area (TPSA) is 80.5 Å². The van der Waals surface area contributed by atoms with Gasteiger partial charge < -0.3 is 19.5 Å². The predicted octanol–water partition coefficient (Wildman–Crippen LogP) is 2.55. The summed E-state index contributed by atoms with van der Waals surface area (Å²) < 4.78 is 9.80. The third kappa shape index (κ3) is 3.08. The first-order chi connectivity index (χ1) is 11.1. The summed E-state index contributed by atoms with van der Waals surface area (Å²) in [6, 6.07) is 10.8. The molecule has 2 heterocycles. The number of carbonyl (C=O) groups excluding carboxylic acids is 1. The largest absolute Gasteiger partial charge is 0.479 e. The molecule has 0 aliphatic heterocycles. The maximum atomic E-state index is 12.1. The van der Waals surface area contributed by atoms with Crippen molar-refractivity contribution in [3.63, 3.8) is 0 Å². The normalized spacial score (nSPS) is 10.6. The van der Waals surface area contributed by atoms with Crippen molar-refractivity contribution in [3.05, 3.63) is 42.2 Å². The van der Waals surface area contributed by atoms with E-state index in [2.05, 4.69) is 15.5 Å². The van der Waals surface area contributed by atoms with Crippen molar-refractivity contribution in [3.8, 4) is 5.88 Å². The van der Waals surface area contributed by atoms with E-state index in [0.29, 0.717) is 5.69 Å². The lowest BCUT2D eigenvalue weighted by Gasteiger charge is -2.12. The lowest BCUT2D eigenvalue weighted by atomic mass is 10.2. The van der Waals surface area contributed by atoms with E-state index in [1.165, 1.54) is 13.2 Å². The fourth-order valence-corrected chi connectivity index (χ4v) is 2.10. The Morgan fingerprint density at radius 2 is 2.04 bits per heavy atom. The average molecular weight is 312 g/mol. The summed E-state index contributed by atoms with van der Waals surface area (Å²) in [5, 5.41) is 7.29. The standard InChI is InChI=1S/C16H16N4O3/c1-20(2)14-7-4-10-8-11(5-6-12(10)18-14)17-16(21)13-9-15(22-3)19-23-13/h4-9H,1-3H3,(H,17,21). The molecule has 23 heavy (non-hydrogen) atoms. The van der Waals surface area contributed by atoms with Crippen LogP contribution in [0, 0.1) is 0 Å². The van der Waals surface area contributed by atoms with E-state index < -0.39 is 5.91 Å². The summed E-state index contributed by atoms with van der Waals surface area (Å²) in [6.45, 7) is 0. The van der Waals surface area contributed by atoms with Gasteiger partial charge in [-0.15, -0.1) is 0 Å². The summed E-state index contributed by atoms with van der Waals surface area (Å²) in [7, 11) is 5.33. The second-order valence-electron chi connectivity index (χ2n) is 5.16. The molecule has 2 aromatic heterocycles. The van der Waals surface area contributed by atoms with Crippen LogP contribution in [0.15, 0.2) is 40.9 Å². The van der Waals surface area contributed by atoms with Crippen molar-refractivity contribution < 1.29 is 14.1 Å². The predicted molar refractivity (Wildman–Crippen MR) is 87.1 cm³/mol. The number of hydrogen-bond donors (Lipinski definition) is 1. The molecular formula is C16H16N4O3. The van der Waals surface area contributed by atoms with Gasteiger partial charge in [0.1, 0.15) is 5.82 Å². The molecule has 0 fully saturated rings. The van der Waals surface area contributed by atoms with Crippen molar-refractivity contribution in [1.82, 2.24) is 10.1 Å². The smallest absolute Gasteiger partial charge is 0.294 e. The van der Waals surface area contributed by atoms with Gasteiger partial charge in [-0.25, -0.2) is 4.98 Å². The van der Waals surface area contributed by atoms with Crippen LogP contribution in [-0.4, -0.2) is 37.3 Å². The van der Waals surface area contributed by atoms with Gasteiger partial charge in [0.05, 0.1) is 18.7 Å². The van der Waals surface area contributed by atoms with Gasteiger partial charge in [-0.1, -0.05) is 0 Å². The number of benzene rings is 1. The quantitative estimate of drug-likeness (QED) is 0.797. The van der Waals surface area contributed by atoms with Crippen LogP contribution in [0.25, 0.3) is 10.9 Å². The molecule has 1 amide bonds. The maximum absolute atomic E-state index is 12.1. The molecule has 0 saturated carbocycles. The van der Waals surface area contributed by atoms with Gasteiger partial charge in [-0.05, 0) is 35.5 Å². The molecular weight excluding hydrogens is 296 g/mol. The Balaban J connectivity index is 1.83. The number of aromatic nitrogens is 2. The summed E-state index contributed by atoms with van der Waals surface area (Å²) in [4.78, 5) is 18.6. The molecule has 0 spiro atoms. The number of nitrogens with zero attached hydrogens (tertiary/aromatic N) is 3. The Bertz CT molecular complexity index is 857. The Kier molecular flexibility index (Phi) is 3.84. The van der Waals surface area contributed by atoms with Gasteiger partial charge in [-0.3, -0.25) is 4.79 Å². The number of nitrogens with one attached hydrogen (secondary N) is 1. The van der Waals surface area contributed by atoms with Crippen molar-refractivity contribution in [2.45, 2.75) is 0 Å². The number of carbonyl (C=O) groups is 1. The van der Waals surface area contributed by atoms with Crippen LogP contribution in [-0.2, 0) is 0 Å². The monoisotopic (exact) mass is 312 g/mol. The highest BCUT2D eigenvalue weighted by Gasteiger charge is 2.14. The summed E-state index contributed by atoms with van der Waals surface area (Å²) >= 11 is 0. The number of rotatable bonds is 4. The van der Waals surface area contributed by atoms with Crippen LogP contribution >= 0.6 is 0 Å². The van der Waals surface area contributed by atoms with Crippen molar-refractivity contribution in [2.75, 3.05) is 31.4 Å². The SMILES string of the molecule is COc1cc(C(=O)Nc2ccc3nc(N(C)C)ccc3c2)on1. The molecule has 1 N–H and O–H groups in total. The van der Waals surface area contributed by atoms with E-state index in [4.69, 9.17) is 9.26 Å². The number of fused-ring (bicyclic) bond motifs is 1. The van der Waals surface area contributed by atoms with Gasteiger partial charge in [-0.2, -0.15) is 0 Å². The maximum Gasteiger partial charge on any atom is 0.294 e. The first-order valence-corrected chi connectivity index (χ1v) is 6.97. The molecule has 0 atom stereocenters. The highest BCUT2D eigenvalue weighted by Crippen LogP contribution is 2.21. The zero-order chi connectivity index (χ0) is 16.4. The van der Waals surface area contributed by atoms with Crippen LogP contribution in [0.2, 0.25) is 0 Å². The number of amides is 1. The first-order valence-electron chi connectivity index (χ1n) is 6.97. The molecule has 0 aliphatic carbocycles. The summed E-state index contributed by atoms with van der Waals surface area (Å²) in [5.74, 6) is 0.832. The van der Waals surface area contributed by atoms with Gasteiger partial charge in [0, 0.05) is 25.2 Å². The van der Waals surface area contributed by atoms with Gasteiger partial charge >= 0.3 is 0 Å². The molecule has 1 aromatic carbocycles. The molecule has 0 aliphatic rings. The number of ether oxygens (including phenoxy) is 1. The minimum absolute atomic E-state index is 0.0861. The number of pyridine rings is 1. The third-order valence-electron chi connectivity index (χ3n) is 3.31. The molecule has 0 radical (unpaired) electrons. The zero-order valence-electron chi connectivity index (χ0n) is 13.0. The highest BCUT2D eigenvalue weighted by atomic mass is 16.5. The highest BCUT2D eigenvalue weighted by molar-refractivity contribution is 6.03. The van der Waals surface area contributed by atoms with Gasteiger partial charge in [0.15, 0.2) is 0 Å².